The monoisotopic (exact) mass is 267 g/mol. The standard InChI is InChI=1S/C17H33NO/c1-4-17(5-2)15(18-6-3)12-16(17)19-13-14-10-8-7-9-11-14/h14-16,18H,4-13H2,1-3H3. The number of hydrogen-bond acceptors (Lipinski definition) is 2. The molecule has 0 spiro atoms. The van der Waals surface area contributed by atoms with Crippen molar-refractivity contribution in [1.29, 1.82) is 0 Å². The SMILES string of the molecule is CCNC1CC(OCC2CCCCC2)C1(CC)CC. The van der Waals surface area contributed by atoms with E-state index in [9.17, 15) is 0 Å². The third-order valence-corrected chi connectivity index (χ3v) is 5.81. The Hall–Kier alpha value is -0.0800. The zero-order valence-corrected chi connectivity index (χ0v) is 13.2. The van der Waals surface area contributed by atoms with Gasteiger partial charge in [-0.3, -0.25) is 0 Å². The fourth-order valence-corrected chi connectivity index (χ4v) is 4.32. The smallest absolute Gasteiger partial charge is 0.0661 e. The molecule has 1 N–H and O–H groups in total. The number of hydrogen-bond donors (Lipinski definition) is 1. The van der Waals surface area contributed by atoms with Gasteiger partial charge in [-0.1, -0.05) is 40.0 Å². The number of ether oxygens (including phenoxy) is 1. The van der Waals surface area contributed by atoms with Gasteiger partial charge in [-0.2, -0.15) is 0 Å². The fraction of sp³-hybridized carbons (Fsp3) is 1.00. The van der Waals surface area contributed by atoms with Gasteiger partial charge in [-0.15, -0.1) is 0 Å². The van der Waals surface area contributed by atoms with Gasteiger partial charge < -0.3 is 10.1 Å². The molecule has 0 amide bonds. The molecule has 2 unspecified atom stereocenters. The fourth-order valence-electron chi connectivity index (χ4n) is 4.32. The van der Waals surface area contributed by atoms with Crippen LogP contribution in [0.3, 0.4) is 0 Å². The van der Waals surface area contributed by atoms with Crippen molar-refractivity contribution in [3.05, 3.63) is 0 Å². The molecule has 0 aromatic rings. The van der Waals surface area contributed by atoms with Gasteiger partial charge in [0.25, 0.3) is 0 Å². The maximum absolute atomic E-state index is 6.35. The highest BCUT2D eigenvalue weighted by atomic mass is 16.5. The molecule has 2 nitrogen and oxygen atoms in total. The Morgan fingerprint density at radius 2 is 1.74 bits per heavy atom. The van der Waals surface area contributed by atoms with Gasteiger partial charge >= 0.3 is 0 Å². The lowest BCUT2D eigenvalue weighted by atomic mass is 9.58. The maximum Gasteiger partial charge on any atom is 0.0661 e. The molecule has 0 bridgehead atoms. The van der Waals surface area contributed by atoms with Crippen molar-refractivity contribution >= 4 is 0 Å². The van der Waals surface area contributed by atoms with E-state index in [0.717, 1.165) is 19.1 Å². The summed E-state index contributed by atoms with van der Waals surface area (Å²) < 4.78 is 6.35. The summed E-state index contributed by atoms with van der Waals surface area (Å²) in [4.78, 5) is 0. The highest BCUT2D eigenvalue weighted by Crippen LogP contribution is 2.49. The van der Waals surface area contributed by atoms with Crippen LogP contribution in [0.15, 0.2) is 0 Å². The molecule has 0 radical (unpaired) electrons. The van der Waals surface area contributed by atoms with E-state index in [4.69, 9.17) is 4.74 Å². The van der Waals surface area contributed by atoms with Gasteiger partial charge in [0.05, 0.1) is 6.10 Å². The van der Waals surface area contributed by atoms with Gasteiger partial charge in [0, 0.05) is 18.1 Å². The summed E-state index contributed by atoms with van der Waals surface area (Å²) in [7, 11) is 0. The van der Waals surface area contributed by atoms with Crippen molar-refractivity contribution < 1.29 is 4.74 Å². The van der Waals surface area contributed by atoms with Gasteiger partial charge in [-0.25, -0.2) is 0 Å². The highest BCUT2D eigenvalue weighted by Gasteiger charge is 2.52. The van der Waals surface area contributed by atoms with Gasteiger partial charge in [0.2, 0.25) is 0 Å². The molecule has 0 aromatic carbocycles. The van der Waals surface area contributed by atoms with Crippen LogP contribution < -0.4 is 5.32 Å². The summed E-state index contributed by atoms with van der Waals surface area (Å²) in [6, 6.07) is 0.684. The first-order valence-corrected chi connectivity index (χ1v) is 8.61. The first-order chi connectivity index (χ1) is 9.26. The van der Waals surface area contributed by atoms with Crippen molar-refractivity contribution in [2.45, 2.75) is 84.3 Å². The van der Waals surface area contributed by atoms with E-state index in [0.29, 0.717) is 17.6 Å². The van der Waals surface area contributed by atoms with Crippen molar-refractivity contribution in [2.75, 3.05) is 13.2 Å². The van der Waals surface area contributed by atoms with Crippen molar-refractivity contribution in [1.82, 2.24) is 5.32 Å². The summed E-state index contributed by atoms with van der Waals surface area (Å²) in [5.74, 6) is 0.846. The lowest BCUT2D eigenvalue weighted by Crippen LogP contribution is -2.63. The Bertz CT molecular complexity index is 256. The van der Waals surface area contributed by atoms with E-state index in [2.05, 4.69) is 26.1 Å². The summed E-state index contributed by atoms with van der Waals surface area (Å²) in [5.41, 5.74) is 0.407. The summed E-state index contributed by atoms with van der Waals surface area (Å²) in [6.07, 6.45) is 11.3. The van der Waals surface area contributed by atoms with Crippen molar-refractivity contribution in [2.24, 2.45) is 11.3 Å². The Morgan fingerprint density at radius 1 is 1.05 bits per heavy atom. The van der Waals surface area contributed by atoms with Crippen LogP contribution >= 0.6 is 0 Å². The molecule has 0 heterocycles. The van der Waals surface area contributed by atoms with E-state index >= 15 is 0 Å². The molecule has 2 aliphatic rings. The lowest BCUT2D eigenvalue weighted by Gasteiger charge is -2.56. The Labute approximate surface area is 119 Å². The van der Waals surface area contributed by atoms with Gasteiger partial charge in [-0.05, 0) is 44.6 Å². The van der Waals surface area contributed by atoms with Crippen LogP contribution in [0.4, 0.5) is 0 Å². The average molecular weight is 267 g/mol. The van der Waals surface area contributed by atoms with Crippen LogP contribution in [0.2, 0.25) is 0 Å². The minimum Gasteiger partial charge on any atom is -0.377 e. The van der Waals surface area contributed by atoms with E-state index in [1.165, 1.54) is 51.4 Å². The second kappa shape index (κ2) is 7.08. The van der Waals surface area contributed by atoms with Crippen LogP contribution in [0, 0.1) is 11.3 Å². The van der Waals surface area contributed by atoms with E-state index < -0.39 is 0 Å². The molecule has 2 aliphatic carbocycles. The molecule has 19 heavy (non-hydrogen) atoms. The van der Waals surface area contributed by atoms with Crippen LogP contribution in [0.5, 0.6) is 0 Å². The predicted molar refractivity (Wildman–Crippen MR) is 81.4 cm³/mol. The second-order valence-electron chi connectivity index (χ2n) is 6.61. The third kappa shape index (κ3) is 3.16. The maximum atomic E-state index is 6.35. The zero-order valence-electron chi connectivity index (χ0n) is 13.2. The predicted octanol–water partition coefficient (Wildman–Crippen LogP) is 4.14. The van der Waals surface area contributed by atoms with Crippen LogP contribution in [-0.2, 0) is 4.74 Å². The lowest BCUT2D eigenvalue weighted by molar-refractivity contribution is -0.148. The Balaban J connectivity index is 1.82. The van der Waals surface area contributed by atoms with Crippen LogP contribution in [-0.4, -0.2) is 25.3 Å². The third-order valence-electron chi connectivity index (χ3n) is 5.81. The van der Waals surface area contributed by atoms with Gasteiger partial charge in [0.1, 0.15) is 0 Å². The van der Waals surface area contributed by atoms with E-state index in [1.807, 2.05) is 0 Å². The largest absolute Gasteiger partial charge is 0.377 e. The molecule has 2 rings (SSSR count). The minimum atomic E-state index is 0.407. The molecule has 0 aromatic heterocycles. The second-order valence-corrected chi connectivity index (χ2v) is 6.61. The molecule has 0 saturated heterocycles. The Kier molecular flexibility index (Phi) is 5.70. The number of nitrogens with one attached hydrogen (secondary N) is 1. The van der Waals surface area contributed by atoms with Crippen LogP contribution in [0.25, 0.3) is 0 Å². The molecular formula is C17H33NO. The molecule has 2 atom stereocenters. The van der Waals surface area contributed by atoms with Crippen LogP contribution in [0.1, 0.15) is 72.1 Å². The van der Waals surface area contributed by atoms with Crippen molar-refractivity contribution in [3.63, 3.8) is 0 Å². The molecule has 112 valence electrons. The molecule has 2 heteroatoms. The van der Waals surface area contributed by atoms with E-state index in [1.54, 1.807) is 0 Å². The normalized spacial score (nSPS) is 31.1. The number of rotatable bonds is 7. The minimum absolute atomic E-state index is 0.407. The summed E-state index contributed by atoms with van der Waals surface area (Å²) in [6.45, 7) is 8.99. The molecule has 0 aliphatic heterocycles. The van der Waals surface area contributed by atoms with Crippen molar-refractivity contribution in [3.8, 4) is 0 Å². The Morgan fingerprint density at radius 3 is 2.32 bits per heavy atom. The zero-order chi connectivity index (χ0) is 13.7. The first kappa shape index (κ1) is 15.3. The summed E-state index contributed by atoms with van der Waals surface area (Å²) >= 11 is 0. The highest BCUT2D eigenvalue weighted by molar-refractivity contribution is 5.06. The summed E-state index contributed by atoms with van der Waals surface area (Å²) in [5, 5.41) is 3.66. The molecule has 2 fully saturated rings. The van der Waals surface area contributed by atoms with E-state index in [-0.39, 0.29) is 0 Å². The average Bonchev–Trinajstić information content (AvgIpc) is 2.44. The topological polar surface area (TPSA) is 21.3 Å². The molecule has 2 saturated carbocycles. The quantitative estimate of drug-likeness (QED) is 0.748. The molecular weight excluding hydrogens is 234 g/mol. The first-order valence-electron chi connectivity index (χ1n) is 8.61. The van der Waals surface area contributed by atoms with Gasteiger partial charge in [0.15, 0.2) is 0 Å².